The number of hydrogen-bond acceptors (Lipinski definition) is 2. The molecule has 0 N–H and O–H groups in total. The Bertz CT molecular complexity index is 435. The number of rotatable bonds is 3. The molecule has 1 aromatic carbocycles. The Kier molecular flexibility index (Phi) is 4.54. The van der Waals surface area contributed by atoms with Crippen molar-refractivity contribution in [2.24, 2.45) is 0 Å². The molecular weight excluding hydrogens is 272 g/mol. The van der Waals surface area contributed by atoms with Crippen LogP contribution in [-0.2, 0) is 9.45 Å². The largest absolute Gasteiger partial charge is 0.436 e. The third-order valence-electron chi connectivity index (χ3n) is 2.90. The van der Waals surface area contributed by atoms with Gasteiger partial charge in [0.1, 0.15) is 0 Å². The first-order chi connectivity index (χ1) is 8.63. The summed E-state index contributed by atoms with van der Waals surface area (Å²) in [6, 6.07) is 5.22. The topological polar surface area (TPSA) is 29.5 Å². The van der Waals surface area contributed by atoms with Gasteiger partial charge in [-0.1, -0.05) is 36.1 Å². The number of carbonyl (C=O) groups excluding carboxylic acids is 1. The van der Waals surface area contributed by atoms with Gasteiger partial charge in [-0.25, -0.2) is 0 Å². The van der Waals surface area contributed by atoms with Gasteiger partial charge in [-0.2, -0.15) is 0 Å². The summed E-state index contributed by atoms with van der Waals surface area (Å²) in [5, 5.41) is 0.967. The summed E-state index contributed by atoms with van der Waals surface area (Å²) < 4.78 is 5.46. The molecule has 1 radical (unpaired) electrons. The number of halogens is 2. The first kappa shape index (κ1) is 13.7. The van der Waals surface area contributed by atoms with Crippen LogP contribution in [-0.4, -0.2) is 26.0 Å². The van der Waals surface area contributed by atoms with E-state index >= 15 is 0 Å². The first-order valence-electron chi connectivity index (χ1n) is 5.81. The molecule has 1 unspecified atom stereocenters. The van der Waals surface area contributed by atoms with Crippen LogP contribution < -0.4 is 4.90 Å². The molecule has 0 aliphatic carbocycles. The summed E-state index contributed by atoms with van der Waals surface area (Å²) in [7, 11) is 1.65. The van der Waals surface area contributed by atoms with Gasteiger partial charge in [-0.15, -0.1) is 0 Å². The van der Waals surface area contributed by atoms with Gasteiger partial charge < -0.3 is 9.55 Å². The van der Waals surface area contributed by atoms with Crippen LogP contribution in [0.4, 0.5) is 5.69 Å². The van der Waals surface area contributed by atoms with Gasteiger partial charge in [0.05, 0.1) is 28.4 Å². The Hall–Kier alpha value is -0.705. The number of benzene rings is 1. The van der Waals surface area contributed by atoms with Crippen molar-refractivity contribution < 1.29 is 9.45 Å². The SMILES string of the molecule is C[B]OC1CCC(=O)N(c2c(Cl)cccc2Cl)C1. The molecule has 1 heterocycles. The van der Waals surface area contributed by atoms with Crippen molar-refractivity contribution in [2.75, 3.05) is 11.4 Å². The van der Waals surface area contributed by atoms with Crippen LogP contribution in [0.5, 0.6) is 0 Å². The Morgan fingerprint density at radius 3 is 2.67 bits per heavy atom. The third kappa shape index (κ3) is 2.82. The summed E-state index contributed by atoms with van der Waals surface area (Å²) in [5.74, 6) is 0.0287. The maximum atomic E-state index is 12.0. The van der Waals surface area contributed by atoms with Crippen LogP contribution in [0.15, 0.2) is 18.2 Å². The molecule has 1 fully saturated rings. The van der Waals surface area contributed by atoms with Crippen LogP contribution in [0.1, 0.15) is 12.8 Å². The predicted molar refractivity (Wildman–Crippen MR) is 74.5 cm³/mol. The van der Waals surface area contributed by atoms with Crippen LogP contribution in [0, 0.1) is 0 Å². The zero-order chi connectivity index (χ0) is 13.1. The Labute approximate surface area is 117 Å². The highest BCUT2D eigenvalue weighted by Gasteiger charge is 2.29. The van der Waals surface area contributed by atoms with E-state index in [2.05, 4.69) is 0 Å². The minimum Gasteiger partial charge on any atom is -0.436 e. The third-order valence-corrected chi connectivity index (χ3v) is 3.51. The highest BCUT2D eigenvalue weighted by Crippen LogP contribution is 2.35. The molecule has 18 heavy (non-hydrogen) atoms. The zero-order valence-electron chi connectivity index (χ0n) is 10.0. The molecule has 1 aromatic rings. The quantitative estimate of drug-likeness (QED) is 0.798. The van der Waals surface area contributed by atoms with Gasteiger partial charge in [0.25, 0.3) is 7.48 Å². The van der Waals surface area contributed by atoms with Crippen LogP contribution in [0.2, 0.25) is 16.9 Å². The molecule has 1 saturated heterocycles. The van der Waals surface area contributed by atoms with Crippen molar-refractivity contribution in [3.63, 3.8) is 0 Å². The maximum Gasteiger partial charge on any atom is 0.289 e. The highest BCUT2D eigenvalue weighted by atomic mass is 35.5. The molecule has 0 bridgehead atoms. The molecule has 1 atom stereocenters. The zero-order valence-corrected chi connectivity index (χ0v) is 11.5. The van der Waals surface area contributed by atoms with Crippen LogP contribution >= 0.6 is 23.2 Å². The van der Waals surface area contributed by atoms with Crippen molar-refractivity contribution in [3.05, 3.63) is 28.2 Å². The number of amides is 1. The van der Waals surface area contributed by atoms with Crippen LogP contribution in [0.3, 0.4) is 0 Å². The van der Waals surface area contributed by atoms with E-state index in [1.807, 2.05) is 6.82 Å². The summed E-state index contributed by atoms with van der Waals surface area (Å²) in [6.07, 6.45) is 1.17. The van der Waals surface area contributed by atoms with Gasteiger partial charge in [0.15, 0.2) is 0 Å². The molecule has 6 heteroatoms. The van der Waals surface area contributed by atoms with Crippen molar-refractivity contribution in [1.82, 2.24) is 0 Å². The van der Waals surface area contributed by atoms with E-state index in [1.165, 1.54) is 0 Å². The van der Waals surface area contributed by atoms with E-state index in [0.29, 0.717) is 28.7 Å². The minimum absolute atomic E-state index is 0.0000365. The first-order valence-corrected chi connectivity index (χ1v) is 6.56. The molecule has 3 nitrogen and oxygen atoms in total. The van der Waals surface area contributed by atoms with Gasteiger partial charge in [-0.3, -0.25) is 4.79 Å². The van der Waals surface area contributed by atoms with Gasteiger partial charge in [-0.05, 0) is 18.6 Å². The van der Waals surface area contributed by atoms with E-state index in [-0.39, 0.29) is 12.0 Å². The lowest BCUT2D eigenvalue weighted by atomic mass is 10.0. The Balaban J connectivity index is 2.27. The minimum atomic E-state index is 0.0000365. The fraction of sp³-hybridized carbons (Fsp3) is 0.417. The maximum absolute atomic E-state index is 12.0. The normalized spacial score (nSPS) is 20.1. The number of nitrogens with zero attached hydrogens (tertiary/aromatic N) is 1. The van der Waals surface area contributed by atoms with E-state index in [1.54, 1.807) is 30.6 Å². The molecule has 1 aliphatic rings. The fourth-order valence-electron chi connectivity index (χ4n) is 2.08. The Morgan fingerprint density at radius 2 is 2.06 bits per heavy atom. The lowest BCUT2D eigenvalue weighted by molar-refractivity contribution is -0.120. The summed E-state index contributed by atoms with van der Waals surface area (Å²) >= 11 is 12.3. The molecule has 2 rings (SSSR count). The second kappa shape index (κ2) is 5.96. The van der Waals surface area contributed by atoms with Crippen molar-refractivity contribution in [2.45, 2.75) is 25.8 Å². The van der Waals surface area contributed by atoms with E-state index in [0.717, 1.165) is 6.42 Å². The lowest BCUT2D eigenvalue weighted by Crippen LogP contribution is -2.44. The second-order valence-corrected chi connectivity index (χ2v) is 4.92. The average Bonchev–Trinajstić information content (AvgIpc) is 2.33. The summed E-state index contributed by atoms with van der Waals surface area (Å²) in [4.78, 5) is 13.6. The lowest BCUT2D eigenvalue weighted by Gasteiger charge is -2.33. The number of para-hydroxylation sites is 1. The average molecular weight is 285 g/mol. The van der Waals surface area contributed by atoms with Crippen molar-refractivity contribution >= 4 is 42.3 Å². The molecule has 1 aliphatic heterocycles. The molecule has 0 aromatic heterocycles. The van der Waals surface area contributed by atoms with Crippen molar-refractivity contribution in [1.29, 1.82) is 0 Å². The highest BCUT2D eigenvalue weighted by molar-refractivity contribution is 6.40. The van der Waals surface area contributed by atoms with Gasteiger partial charge in [0.2, 0.25) is 5.91 Å². The fourth-order valence-corrected chi connectivity index (χ4v) is 2.68. The van der Waals surface area contributed by atoms with Crippen LogP contribution in [0.25, 0.3) is 0 Å². The van der Waals surface area contributed by atoms with E-state index in [4.69, 9.17) is 27.9 Å². The van der Waals surface area contributed by atoms with Gasteiger partial charge in [0, 0.05) is 6.42 Å². The predicted octanol–water partition coefficient (Wildman–Crippen LogP) is 3.17. The number of carbonyl (C=O) groups is 1. The summed E-state index contributed by atoms with van der Waals surface area (Å²) in [5.41, 5.74) is 0.579. The molecule has 0 saturated carbocycles. The van der Waals surface area contributed by atoms with E-state index < -0.39 is 0 Å². The molecule has 0 spiro atoms. The summed E-state index contributed by atoms with van der Waals surface area (Å²) in [6.45, 7) is 2.30. The van der Waals surface area contributed by atoms with Gasteiger partial charge >= 0.3 is 0 Å². The number of anilines is 1. The molecular formula is C12H13BCl2NO2. The number of hydrogen-bond donors (Lipinski definition) is 0. The van der Waals surface area contributed by atoms with Crippen molar-refractivity contribution in [3.8, 4) is 0 Å². The standard InChI is InChI=1S/C12H13BCl2NO2/c1-13-18-8-5-6-11(17)16(7-8)12-9(14)3-2-4-10(12)15/h2-4,8H,5-7H2,1H3. The van der Waals surface area contributed by atoms with E-state index in [9.17, 15) is 4.79 Å². The molecule has 95 valence electrons. The monoisotopic (exact) mass is 284 g/mol. The second-order valence-electron chi connectivity index (χ2n) is 4.11. The smallest absolute Gasteiger partial charge is 0.289 e. The molecule has 1 amide bonds. The number of piperidine rings is 1. The Morgan fingerprint density at radius 1 is 1.39 bits per heavy atom.